The minimum Gasteiger partial charge on any atom is -0.497 e. The summed E-state index contributed by atoms with van der Waals surface area (Å²) in [4.78, 5) is 4.48. The fourth-order valence-corrected chi connectivity index (χ4v) is 2.62. The molecule has 0 saturated heterocycles. The maximum atomic E-state index is 5.89. The molecule has 0 aliphatic heterocycles. The van der Waals surface area contributed by atoms with Crippen molar-refractivity contribution in [3.63, 3.8) is 0 Å². The van der Waals surface area contributed by atoms with Crippen LogP contribution in [0.1, 0.15) is 11.1 Å². The Morgan fingerprint density at radius 1 is 0.815 bits per heavy atom. The number of benzene rings is 3. The van der Waals surface area contributed by atoms with E-state index in [0.717, 1.165) is 29.2 Å². The molecule has 0 saturated carbocycles. The van der Waals surface area contributed by atoms with Crippen molar-refractivity contribution < 1.29 is 14.2 Å². The number of hydrogen-bond acceptors (Lipinski definition) is 4. The molecule has 0 fully saturated rings. The maximum absolute atomic E-state index is 5.89. The molecule has 0 spiro atoms. The molecular weight excluding hydrogens is 338 g/mol. The summed E-state index contributed by atoms with van der Waals surface area (Å²) >= 11 is 0. The van der Waals surface area contributed by atoms with Gasteiger partial charge in [-0.2, -0.15) is 0 Å². The van der Waals surface area contributed by atoms with Crippen LogP contribution in [0, 0.1) is 0 Å². The normalized spacial score (nSPS) is 10.7. The number of hydrogen-bond donors (Lipinski definition) is 0. The Balaban J connectivity index is 1.63. The van der Waals surface area contributed by atoms with Gasteiger partial charge in [-0.3, -0.25) is 4.99 Å². The second-order valence-corrected chi connectivity index (χ2v) is 5.95. The number of ether oxygens (including phenoxy) is 3. The van der Waals surface area contributed by atoms with Crippen molar-refractivity contribution >= 4 is 11.9 Å². The van der Waals surface area contributed by atoms with Crippen LogP contribution in [0.25, 0.3) is 0 Å². The molecule has 4 nitrogen and oxygen atoms in total. The second-order valence-electron chi connectivity index (χ2n) is 5.95. The Kier molecular flexibility index (Phi) is 6.47. The number of aliphatic imine (C=N–C) groups is 1. The van der Waals surface area contributed by atoms with Crippen LogP contribution in [0.3, 0.4) is 0 Å². The number of rotatable bonds is 8. The zero-order valence-electron chi connectivity index (χ0n) is 15.6. The van der Waals surface area contributed by atoms with Gasteiger partial charge in [0.15, 0.2) is 11.5 Å². The van der Waals surface area contributed by atoms with Crippen molar-refractivity contribution in [1.82, 2.24) is 0 Å². The zero-order chi connectivity index (χ0) is 18.9. The molecule has 3 aromatic carbocycles. The van der Waals surface area contributed by atoms with E-state index >= 15 is 0 Å². The van der Waals surface area contributed by atoms with Gasteiger partial charge in [0.1, 0.15) is 5.75 Å². The van der Waals surface area contributed by atoms with Crippen molar-refractivity contribution in [3.05, 3.63) is 83.9 Å². The first-order valence-electron chi connectivity index (χ1n) is 8.81. The molecule has 3 rings (SSSR count). The predicted octanol–water partition coefficient (Wildman–Crippen LogP) is 5.08. The molecular formula is C23H23NO3. The van der Waals surface area contributed by atoms with E-state index in [2.05, 4.69) is 17.1 Å². The van der Waals surface area contributed by atoms with E-state index in [9.17, 15) is 0 Å². The summed E-state index contributed by atoms with van der Waals surface area (Å²) in [5.74, 6) is 2.24. The van der Waals surface area contributed by atoms with Crippen molar-refractivity contribution in [2.75, 3.05) is 20.8 Å². The third kappa shape index (κ3) is 5.35. The third-order valence-electron chi connectivity index (χ3n) is 4.11. The SMILES string of the molecule is COc1ccc(N=Cc2ccc(OCCc3ccccc3)c(OC)c2)cc1. The standard InChI is InChI=1S/C23H23NO3/c1-25-21-11-9-20(10-12-21)24-17-19-8-13-22(23(16-19)26-2)27-15-14-18-6-4-3-5-7-18/h3-13,16-17H,14-15H2,1-2H3. The first kappa shape index (κ1) is 18.5. The average Bonchev–Trinajstić information content (AvgIpc) is 2.74. The van der Waals surface area contributed by atoms with Crippen LogP contribution in [-0.4, -0.2) is 27.0 Å². The lowest BCUT2D eigenvalue weighted by molar-refractivity contribution is 0.297. The van der Waals surface area contributed by atoms with Gasteiger partial charge in [0, 0.05) is 12.6 Å². The predicted molar refractivity (Wildman–Crippen MR) is 109 cm³/mol. The van der Waals surface area contributed by atoms with Crippen molar-refractivity contribution in [3.8, 4) is 17.2 Å². The average molecular weight is 361 g/mol. The van der Waals surface area contributed by atoms with Crippen molar-refractivity contribution in [2.24, 2.45) is 4.99 Å². The third-order valence-corrected chi connectivity index (χ3v) is 4.11. The van der Waals surface area contributed by atoms with Gasteiger partial charge in [0.2, 0.25) is 0 Å². The van der Waals surface area contributed by atoms with Crippen molar-refractivity contribution in [2.45, 2.75) is 6.42 Å². The molecule has 0 unspecified atom stereocenters. The second kappa shape index (κ2) is 9.43. The summed E-state index contributed by atoms with van der Waals surface area (Å²) in [6.45, 7) is 0.597. The summed E-state index contributed by atoms with van der Waals surface area (Å²) in [5.41, 5.74) is 3.05. The van der Waals surface area contributed by atoms with Gasteiger partial charge in [-0.1, -0.05) is 30.3 Å². The number of methoxy groups -OCH3 is 2. The molecule has 0 aliphatic rings. The minimum absolute atomic E-state index is 0.597. The fourth-order valence-electron chi connectivity index (χ4n) is 2.62. The van der Waals surface area contributed by atoms with Crippen LogP contribution in [0.4, 0.5) is 5.69 Å². The van der Waals surface area contributed by atoms with Gasteiger partial charge in [-0.05, 0) is 53.6 Å². The Morgan fingerprint density at radius 3 is 2.30 bits per heavy atom. The van der Waals surface area contributed by atoms with Gasteiger partial charge in [-0.15, -0.1) is 0 Å². The first-order chi connectivity index (χ1) is 13.3. The summed E-state index contributed by atoms with van der Waals surface area (Å²) in [5, 5.41) is 0. The van der Waals surface area contributed by atoms with Gasteiger partial charge in [0.05, 0.1) is 26.5 Å². The number of nitrogens with zero attached hydrogens (tertiary/aromatic N) is 1. The van der Waals surface area contributed by atoms with E-state index < -0.39 is 0 Å². The molecule has 3 aromatic rings. The molecule has 0 amide bonds. The summed E-state index contributed by atoms with van der Waals surface area (Å²) in [6, 6.07) is 23.7. The maximum Gasteiger partial charge on any atom is 0.161 e. The van der Waals surface area contributed by atoms with Crippen molar-refractivity contribution in [1.29, 1.82) is 0 Å². The molecule has 27 heavy (non-hydrogen) atoms. The Morgan fingerprint density at radius 2 is 1.59 bits per heavy atom. The van der Waals surface area contributed by atoms with E-state index in [-0.39, 0.29) is 0 Å². The molecule has 0 aliphatic carbocycles. The highest BCUT2D eigenvalue weighted by molar-refractivity contribution is 5.83. The lowest BCUT2D eigenvalue weighted by atomic mass is 10.2. The Hall–Kier alpha value is -3.27. The van der Waals surface area contributed by atoms with Crippen LogP contribution >= 0.6 is 0 Å². The van der Waals surface area contributed by atoms with Gasteiger partial charge in [0.25, 0.3) is 0 Å². The Bertz CT molecular complexity index is 874. The molecule has 4 heteroatoms. The smallest absolute Gasteiger partial charge is 0.161 e. The lowest BCUT2D eigenvalue weighted by Gasteiger charge is -2.11. The topological polar surface area (TPSA) is 40.0 Å². The Labute approximate surface area is 160 Å². The highest BCUT2D eigenvalue weighted by Crippen LogP contribution is 2.28. The fraction of sp³-hybridized carbons (Fsp3) is 0.174. The van der Waals surface area contributed by atoms with Gasteiger partial charge >= 0.3 is 0 Å². The van der Waals surface area contributed by atoms with Crippen LogP contribution in [0.5, 0.6) is 17.2 Å². The highest BCUT2D eigenvalue weighted by Gasteiger charge is 2.05. The van der Waals surface area contributed by atoms with E-state index in [1.165, 1.54) is 5.56 Å². The molecule has 0 heterocycles. The largest absolute Gasteiger partial charge is 0.497 e. The minimum atomic E-state index is 0.597. The van der Waals surface area contributed by atoms with Crippen LogP contribution in [-0.2, 0) is 6.42 Å². The van der Waals surface area contributed by atoms with Crippen LogP contribution in [0.15, 0.2) is 77.8 Å². The molecule has 0 bridgehead atoms. The van der Waals surface area contributed by atoms with E-state index in [0.29, 0.717) is 12.4 Å². The first-order valence-corrected chi connectivity index (χ1v) is 8.81. The quantitative estimate of drug-likeness (QED) is 0.526. The molecule has 0 atom stereocenters. The van der Waals surface area contributed by atoms with Crippen LogP contribution in [0.2, 0.25) is 0 Å². The molecule has 0 N–H and O–H groups in total. The monoisotopic (exact) mass is 361 g/mol. The van der Waals surface area contributed by atoms with Gasteiger partial charge in [-0.25, -0.2) is 0 Å². The highest BCUT2D eigenvalue weighted by atomic mass is 16.5. The molecule has 0 aromatic heterocycles. The van der Waals surface area contributed by atoms with Gasteiger partial charge < -0.3 is 14.2 Å². The van der Waals surface area contributed by atoms with E-state index in [4.69, 9.17) is 14.2 Å². The van der Waals surface area contributed by atoms with E-state index in [1.54, 1.807) is 20.4 Å². The molecule has 138 valence electrons. The van der Waals surface area contributed by atoms with Crippen LogP contribution < -0.4 is 14.2 Å². The summed E-state index contributed by atoms with van der Waals surface area (Å²) < 4.78 is 16.5. The zero-order valence-corrected chi connectivity index (χ0v) is 15.6. The molecule has 0 radical (unpaired) electrons. The summed E-state index contributed by atoms with van der Waals surface area (Å²) in [7, 11) is 3.29. The summed E-state index contributed by atoms with van der Waals surface area (Å²) in [6.07, 6.45) is 2.66. The lowest BCUT2D eigenvalue weighted by Crippen LogP contribution is -2.03. The van der Waals surface area contributed by atoms with E-state index in [1.807, 2.05) is 60.7 Å².